The Kier molecular flexibility index (Phi) is 2.84. The molecule has 0 saturated carbocycles. The highest BCUT2D eigenvalue weighted by Crippen LogP contribution is 2.33. The molecule has 1 unspecified atom stereocenters. The van der Waals surface area contributed by atoms with Crippen molar-refractivity contribution in [3.05, 3.63) is 29.0 Å². The summed E-state index contributed by atoms with van der Waals surface area (Å²) in [5.74, 6) is 1.65. The third-order valence-electron chi connectivity index (χ3n) is 2.57. The number of terminal acetylenes is 1. The predicted molar refractivity (Wildman–Crippen MR) is 60.7 cm³/mol. The van der Waals surface area contributed by atoms with E-state index in [0.717, 1.165) is 0 Å². The molecule has 1 fully saturated rings. The van der Waals surface area contributed by atoms with Crippen molar-refractivity contribution in [1.82, 2.24) is 0 Å². The van der Waals surface area contributed by atoms with Crippen LogP contribution in [0.4, 0.5) is 10.1 Å². The predicted octanol–water partition coefficient (Wildman–Crippen LogP) is 2.47. The van der Waals surface area contributed by atoms with Crippen molar-refractivity contribution >= 4 is 23.2 Å². The average molecular weight is 238 g/mol. The van der Waals surface area contributed by atoms with Crippen molar-refractivity contribution in [1.29, 1.82) is 0 Å². The van der Waals surface area contributed by atoms with E-state index in [1.54, 1.807) is 6.07 Å². The maximum atomic E-state index is 13.6. The quantitative estimate of drug-likeness (QED) is 0.687. The molecular formula is C12H9ClFNO. The Morgan fingerprint density at radius 2 is 2.31 bits per heavy atom. The van der Waals surface area contributed by atoms with Crippen LogP contribution in [0.1, 0.15) is 6.42 Å². The molecule has 0 aliphatic carbocycles. The van der Waals surface area contributed by atoms with E-state index in [9.17, 15) is 9.18 Å². The summed E-state index contributed by atoms with van der Waals surface area (Å²) in [6.07, 6.45) is 5.51. The fraction of sp³-hybridized carbons (Fsp3) is 0.250. The minimum absolute atomic E-state index is 0.131. The third kappa shape index (κ3) is 1.77. The van der Waals surface area contributed by atoms with E-state index < -0.39 is 5.82 Å². The molecule has 2 nitrogen and oxygen atoms in total. The van der Waals surface area contributed by atoms with Gasteiger partial charge in [-0.1, -0.05) is 17.7 Å². The number of anilines is 1. The number of amides is 1. The summed E-state index contributed by atoms with van der Waals surface area (Å²) in [5.41, 5.74) is 0.131. The molecule has 1 saturated heterocycles. The van der Waals surface area contributed by atoms with E-state index in [0.29, 0.717) is 6.54 Å². The van der Waals surface area contributed by atoms with Crippen LogP contribution in [0.3, 0.4) is 0 Å². The van der Waals surface area contributed by atoms with E-state index in [1.165, 1.54) is 17.0 Å². The number of carbonyl (C=O) groups is 1. The summed E-state index contributed by atoms with van der Waals surface area (Å²) in [6.45, 7) is 0.329. The fourth-order valence-electron chi connectivity index (χ4n) is 1.78. The number of hydrogen-bond acceptors (Lipinski definition) is 1. The second-order valence-electron chi connectivity index (χ2n) is 3.64. The standard InChI is InChI=1S/C12H9ClFNO/c1-2-8-6-11(16)15(7-8)12-9(13)4-3-5-10(12)14/h1,3-5,8H,6-7H2. The molecule has 1 aromatic carbocycles. The van der Waals surface area contributed by atoms with Crippen molar-refractivity contribution in [2.45, 2.75) is 6.42 Å². The van der Waals surface area contributed by atoms with Crippen LogP contribution in [-0.2, 0) is 4.79 Å². The number of hydrogen-bond donors (Lipinski definition) is 0. The lowest BCUT2D eigenvalue weighted by Crippen LogP contribution is -2.25. The first-order valence-corrected chi connectivity index (χ1v) is 5.21. The molecule has 2 rings (SSSR count). The van der Waals surface area contributed by atoms with Crippen LogP contribution >= 0.6 is 11.6 Å². The minimum Gasteiger partial charge on any atom is -0.307 e. The highest BCUT2D eigenvalue weighted by molar-refractivity contribution is 6.33. The Hall–Kier alpha value is -1.53. The maximum Gasteiger partial charge on any atom is 0.228 e. The summed E-state index contributed by atoms with van der Waals surface area (Å²) < 4.78 is 13.6. The van der Waals surface area contributed by atoms with Gasteiger partial charge in [0.1, 0.15) is 5.82 Å². The second kappa shape index (κ2) is 4.15. The first kappa shape index (κ1) is 11.0. The van der Waals surface area contributed by atoms with Crippen LogP contribution in [0.2, 0.25) is 5.02 Å². The van der Waals surface area contributed by atoms with E-state index >= 15 is 0 Å². The monoisotopic (exact) mass is 237 g/mol. The van der Waals surface area contributed by atoms with Gasteiger partial charge in [-0.05, 0) is 12.1 Å². The van der Waals surface area contributed by atoms with Gasteiger partial charge in [0.05, 0.1) is 10.7 Å². The molecule has 1 aromatic rings. The molecule has 0 bridgehead atoms. The molecular weight excluding hydrogens is 229 g/mol. The molecule has 16 heavy (non-hydrogen) atoms. The molecule has 1 amide bonds. The molecule has 4 heteroatoms. The largest absolute Gasteiger partial charge is 0.307 e. The van der Waals surface area contributed by atoms with Gasteiger partial charge >= 0.3 is 0 Å². The number of carbonyl (C=O) groups excluding carboxylic acids is 1. The van der Waals surface area contributed by atoms with Crippen molar-refractivity contribution in [2.24, 2.45) is 5.92 Å². The van der Waals surface area contributed by atoms with Crippen molar-refractivity contribution in [3.63, 3.8) is 0 Å². The Labute approximate surface area is 98.0 Å². The number of rotatable bonds is 1. The molecule has 0 radical (unpaired) electrons. The number of nitrogens with zero attached hydrogens (tertiary/aromatic N) is 1. The molecule has 1 heterocycles. The molecule has 0 N–H and O–H groups in total. The van der Waals surface area contributed by atoms with Crippen LogP contribution < -0.4 is 4.90 Å². The molecule has 82 valence electrons. The lowest BCUT2D eigenvalue weighted by Gasteiger charge is -2.18. The highest BCUT2D eigenvalue weighted by atomic mass is 35.5. The summed E-state index contributed by atoms with van der Waals surface area (Å²) in [7, 11) is 0. The van der Waals surface area contributed by atoms with Gasteiger partial charge in [-0.25, -0.2) is 4.39 Å². The summed E-state index contributed by atoms with van der Waals surface area (Å²) >= 11 is 5.88. The van der Waals surface area contributed by atoms with Crippen molar-refractivity contribution in [3.8, 4) is 12.3 Å². The minimum atomic E-state index is -0.501. The van der Waals surface area contributed by atoms with Crippen LogP contribution in [0.5, 0.6) is 0 Å². The third-order valence-corrected chi connectivity index (χ3v) is 2.87. The van der Waals surface area contributed by atoms with Crippen molar-refractivity contribution in [2.75, 3.05) is 11.4 Å². The van der Waals surface area contributed by atoms with Gasteiger partial charge in [-0.15, -0.1) is 12.3 Å². The van der Waals surface area contributed by atoms with Gasteiger partial charge in [0, 0.05) is 18.9 Å². The average Bonchev–Trinajstić information content (AvgIpc) is 2.60. The van der Waals surface area contributed by atoms with E-state index in [2.05, 4.69) is 5.92 Å². The Morgan fingerprint density at radius 1 is 1.56 bits per heavy atom. The smallest absolute Gasteiger partial charge is 0.228 e. The zero-order chi connectivity index (χ0) is 11.7. The topological polar surface area (TPSA) is 20.3 Å². The van der Waals surface area contributed by atoms with Crippen LogP contribution in [-0.4, -0.2) is 12.5 Å². The Morgan fingerprint density at radius 3 is 2.88 bits per heavy atom. The van der Waals surface area contributed by atoms with Gasteiger partial charge in [0.2, 0.25) is 5.91 Å². The molecule has 0 spiro atoms. The van der Waals surface area contributed by atoms with Gasteiger partial charge < -0.3 is 4.90 Å². The summed E-state index contributed by atoms with van der Waals surface area (Å²) in [4.78, 5) is 13.0. The number of para-hydroxylation sites is 1. The lowest BCUT2D eigenvalue weighted by molar-refractivity contribution is -0.117. The van der Waals surface area contributed by atoms with Gasteiger partial charge in [0.25, 0.3) is 0 Å². The van der Waals surface area contributed by atoms with E-state index in [-0.39, 0.29) is 29.0 Å². The second-order valence-corrected chi connectivity index (χ2v) is 4.05. The van der Waals surface area contributed by atoms with Gasteiger partial charge in [0.15, 0.2) is 0 Å². The SMILES string of the molecule is C#CC1CC(=O)N(c2c(F)cccc2Cl)C1. The van der Waals surface area contributed by atoms with Crippen LogP contribution in [0, 0.1) is 24.1 Å². The molecule has 1 aliphatic heterocycles. The lowest BCUT2D eigenvalue weighted by atomic mass is 10.1. The zero-order valence-corrected chi connectivity index (χ0v) is 9.17. The number of halogens is 2. The van der Waals surface area contributed by atoms with Crippen molar-refractivity contribution < 1.29 is 9.18 Å². The maximum absolute atomic E-state index is 13.6. The summed E-state index contributed by atoms with van der Waals surface area (Å²) in [5, 5.41) is 0.228. The van der Waals surface area contributed by atoms with Crippen LogP contribution in [0.15, 0.2) is 18.2 Å². The number of benzene rings is 1. The Balaban J connectivity index is 2.39. The zero-order valence-electron chi connectivity index (χ0n) is 8.41. The Bertz CT molecular complexity index is 460. The highest BCUT2D eigenvalue weighted by Gasteiger charge is 2.32. The molecule has 0 aromatic heterocycles. The van der Waals surface area contributed by atoms with E-state index in [4.69, 9.17) is 18.0 Å². The fourth-order valence-corrected chi connectivity index (χ4v) is 2.05. The first-order chi connectivity index (χ1) is 7.63. The first-order valence-electron chi connectivity index (χ1n) is 4.84. The summed E-state index contributed by atoms with van der Waals surface area (Å²) in [6, 6.07) is 4.33. The van der Waals surface area contributed by atoms with Crippen LogP contribution in [0.25, 0.3) is 0 Å². The van der Waals surface area contributed by atoms with Gasteiger partial charge in [-0.3, -0.25) is 4.79 Å². The van der Waals surface area contributed by atoms with Gasteiger partial charge in [-0.2, -0.15) is 0 Å². The normalized spacial score (nSPS) is 19.9. The molecule has 1 aliphatic rings. The van der Waals surface area contributed by atoms with E-state index in [1.807, 2.05) is 0 Å². The molecule has 1 atom stereocenters.